The van der Waals surface area contributed by atoms with Crippen LogP contribution in [0.1, 0.15) is 12.5 Å². The third-order valence-corrected chi connectivity index (χ3v) is 1.94. The lowest BCUT2D eigenvalue weighted by molar-refractivity contribution is 0.396. The summed E-state index contributed by atoms with van der Waals surface area (Å²) in [7, 11) is 0. The fraction of sp³-hybridized carbons (Fsp3) is 0.111. The predicted octanol–water partition coefficient (Wildman–Crippen LogP) is 2.49. The van der Waals surface area contributed by atoms with Gasteiger partial charge in [-0.25, -0.2) is 0 Å². The number of benzene rings is 1. The Balaban J connectivity index is 3.40. The van der Waals surface area contributed by atoms with Gasteiger partial charge in [-0.15, -0.1) is 0 Å². The highest BCUT2D eigenvalue weighted by atomic mass is 35.5. The molecular formula is C9H9ClO3. The molecule has 0 atom stereocenters. The van der Waals surface area contributed by atoms with Crippen LogP contribution in [0.3, 0.4) is 0 Å². The van der Waals surface area contributed by atoms with Crippen molar-refractivity contribution in [1.29, 1.82) is 0 Å². The van der Waals surface area contributed by atoms with Crippen LogP contribution >= 0.6 is 11.6 Å². The fourth-order valence-electron chi connectivity index (χ4n) is 0.948. The highest BCUT2D eigenvalue weighted by molar-refractivity contribution is 6.33. The average molecular weight is 201 g/mol. The monoisotopic (exact) mass is 200 g/mol. The van der Waals surface area contributed by atoms with Crippen LogP contribution in [0.15, 0.2) is 12.1 Å². The molecule has 0 radical (unpaired) electrons. The van der Waals surface area contributed by atoms with Crippen molar-refractivity contribution in [3.63, 3.8) is 0 Å². The molecule has 0 bridgehead atoms. The molecule has 70 valence electrons. The number of allylic oxidation sites excluding steroid dienone is 1. The van der Waals surface area contributed by atoms with Crippen molar-refractivity contribution >= 4 is 17.7 Å². The Hall–Kier alpha value is -1.35. The second kappa shape index (κ2) is 3.58. The molecule has 1 aromatic carbocycles. The Kier molecular flexibility index (Phi) is 2.68. The van der Waals surface area contributed by atoms with Crippen LogP contribution in [0.5, 0.6) is 17.2 Å². The van der Waals surface area contributed by atoms with Gasteiger partial charge < -0.3 is 15.3 Å². The molecule has 0 aliphatic rings. The molecule has 4 heteroatoms. The van der Waals surface area contributed by atoms with Crippen LogP contribution in [-0.2, 0) is 0 Å². The lowest BCUT2D eigenvalue weighted by atomic mass is 10.1. The van der Waals surface area contributed by atoms with Crippen molar-refractivity contribution in [3.05, 3.63) is 22.7 Å². The molecule has 0 amide bonds. The molecule has 0 heterocycles. The highest BCUT2D eigenvalue weighted by Crippen LogP contribution is 2.42. The zero-order valence-electron chi connectivity index (χ0n) is 6.95. The lowest BCUT2D eigenvalue weighted by Gasteiger charge is -2.05. The van der Waals surface area contributed by atoms with E-state index >= 15 is 0 Å². The first-order valence-corrected chi connectivity index (χ1v) is 4.01. The van der Waals surface area contributed by atoms with Gasteiger partial charge in [-0.05, 0) is 13.0 Å². The number of halogens is 1. The first-order valence-electron chi connectivity index (χ1n) is 3.64. The molecule has 0 aromatic heterocycles. The molecule has 1 aromatic rings. The Morgan fingerprint density at radius 3 is 2.38 bits per heavy atom. The minimum absolute atomic E-state index is 0.245. The van der Waals surface area contributed by atoms with E-state index in [4.69, 9.17) is 11.6 Å². The Bertz CT molecular complexity index is 358. The topological polar surface area (TPSA) is 60.7 Å². The van der Waals surface area contributed by atoms with Gasteiger partial charge in [-0.3, -0.25) is 0 Å². The molecule has 0 aliphatic carbocycles. The third kappa shape index (κ3) is 1.70. The normalized spacial score (nSPS) is 10.9. The average Bonchev–Trinajstić information content (AvgIpc) is 2.11. The van der Waals surface area contributed by atoms with Crippen molar-refractivity contribution in [2.24, 2.45) is 0 Å². The SMILES string of the molecule is C/C=C/c1cc(O)c(Cl)c(O)c1O. The van der Waals surface area contributed by atoms with Crippen LogP contribution in [0.4, 0.5) is 0 Å². The van der Waals surface area contributed by atoms with E-state index in [1.54, 1.807) is 19.1 Å². The van der Waals surface area contributed by atoms with Crippen molar-refractivity contribution in [1.82, 2.24) is 0 Å². The summed E-state index contributed by atoms with van der Waals surface area (Å²) in [5.74, 6) is -1.10. The second-order valence-electron chi connectivity index (χ2n) is 2.50. The standard InChI is InChI=1S/C9H9ClO3/c1-2-3-5-4-6(11)7(10)9(13)8(5)12/h2-4,11-13H,1H3/b3-2+. The maximum atomic E-state index is 9.34. The summed E-state index contributed by atoms with van der Waals surface area (Å²) in [5.41, 5.74) is 0.321. The molecule has 0 fully saturated rings. The maximum Gasteiger partial charge on any atom is 0.180 e. The molecule has 0 aliphatic heterocycles. The second-order valence-corrected chi connectivity index (χ2v) is 2.87. The van der Waals surface area contributed by atoms with Crippen molar-refractivity contribution in [3.8, 4) is 17.2 Å². The van der Waals surface area contributed by atoms with Crippen molar-refractivity contribution in [2.75, 3.05) is 0 Å². The molecule has 3 N–H and O–H groups in total. The minimum atomic E-state index is -0.505. The van der Waals surface area contributed by atoms with Gasteiger partial charge in [0.2, 0.25) is 0 Å². The van der Waals surface area contributed by atoms with E-state index in [1.807, 2.05) is 0 Å². The zero-order valence-corrected chi connectivity index (χ0v) is 7.71. The van der Waals surface area contributed by atoms with Gasteiger partial charge >= 0.3 is 0 Å². The minimum Gasteiger partial charge on any atom is -0.506 e. The first-order chi connectivity index (χ1) is 6.07. The number of aromatic hydroxyl groups is 3. The first kappa shape index (κ1) is 9.74. The zero-order chi connectivity index (χ0) is 10.0. The smallest absolute Gasteiger partial charge is 0.180 e. The van der Waals surface area contributed by atoms with E-state index in [2.05, 4.69) is 0 Å². The molecule has 0 saturated carbocycles. The van der Waals surface area contributed by atoms with Crippen molar-refractivity contribution < 1.29 is 15.3 Å². The largest absolute Gasteiger partial charge is 0.506 e. The van der Waals surface area contributed by atoms with E-state index in [1.165, 1.54) is 6.07 Å². The Morgan fingerprint density at radius 1 is 1.23 bits per heavy atom. The molecule has 0 unspecified atom stereocenters. The van der Waals surface area contributed by atoms with Crippen LogP contribution in [0.25, 0.3) is 6.08 Å². The van der Waals surface area contributed by atoms with E-state index in [0.717, 1.165) is 0 Å². The fourth-order valence-corrected chi connectivity index (χ4v) is 1.09. The highest BCUT2D eigenvalue weighted by Gasteiger charge is 2.13. The summed E-state index contributed by atoms with van der Waals surface area (Å²) in [4.78, 5) is 0. The van der Waals surface area contributed by atoms with Gasteiger partial charge in [0.15, 0.2) is 11.5 Å². The number of rotatable bonds is 1. The van der Waals surface area contributed by atoms with Gasteiger partial charge in [0.05, 0.1) is 0 Å². The van der Waals surface area contributed by atoms with Gasteiger partial charge in [-0.2, -0.15) is 0 Å². The molecular weight excluding hydrogens is 192 g/mol. The Labute approximate surface area is 80.5 Å². The number of phenols is 3. The lowest BCUT2D eigenvalue weighted by Crippen LogP contribution is -1.79. The van der Waals surface area contributed by atoms with E-state index in [-0.39, 0.29) is 16.5 Å². The predicted molar refractivity (Wildman–Crippen MR) is 51.2 cm³/mol. The van der Waals surface area contributed by atoms with Gasteiger partial charge in [0.1, 0.15) is 10.8 Å². The molecule has 3 nitrogen and oxygen atoms in total. The Morgan fingerprint density at radius 2 is 1.85 bits per heavy atom. The van der Waals surface area contributed by atoms with Gasteiger partial charge in [0, 0.05) is 5.56 Å². The quantitative estimate of drug-likeness (QED) is 0.482. The van der Waals surface area contributed by atoms with Gasteiger partial charge in [0.25, 0.3) is 0 Å². The van der Waals surface area contributed by atoms with Crippen LogP contribution in [0, 0.1) is 0 Å². The van der Waals surface area contributed by atoms with E-state index in [0.29, 0.717) is 5.56 Å². The number of phenolic OH excluding ortho intramolecular Hbond substituents is 3. The van der Waals surface area contributed by atoms with E-state index < -0.39 is 5.75 Å². The van der Waals surface area contributed by atoms with Crippen LogP contribution in [-0.4, -0.2) is 15.3 Å². The maximum absolute atomic E-state index is 9.34. The third-order valence-electron chi connectivity index (χ3n) is 1.57. The summed E-state index contributed by atoms with van der Waals surface area (Å²) >= 11 is 5.47. The van der Waals surface area contributed by atoms with E-state index in [9.17, 15) is 15.3 Å². The van der Waals surface area contributed by atoms with Crippen LogP contribution < -0.4 is 0 Å². The molecule has 0 saturated heterocycles. The molecule has 1 rings (SSSR count). The summed E-state index contributed by atoms with van der Waals surface area (Å²) in [6.07, 6.45) is 3.22. The van der Waals surface area contributed by atoms with Gasteiger partial charge in [-0.1, -0.05) is 23.8 Å². The summed E-state index contributed by atoms with van der Waals surface area (Å²) in [5, 5.41) is 27.5. The molecule has 13 heavy (non-hydrogen) atoms. The number of hydrogen-bond donors (Lipinski definition) is 3. The molecule has 0 spiro atoms. The summed E-state index contributed by atoms with van der Waals surface area (Å²) in [6.45, 7) is 1.75. The number of hydrogen-bond acceptors (Lipinski definition) is 3. The van der Waals surface area contributed by atoms with Crippen molar-refractivity contribution in [2.45, 2.75) is 6.92 Å². The summed E-state index contributed by atoms with van der Waals surface area (Å²) < 4.78 is 0. The van der Waals surface area contributed by atoms with Crippen LogP contribution in [0.2, 0.25) is 5.02 Å². The summed E-state index contributed by atoms with van der Waals surface area (Å²) in [6, 6.07) is 1.28.